The molecule has 0 saturated heterocycles. The van der Waals surface area contributed by atoms with E-state index in [0.29, 0.717) is 19.1 Å². The van der Waals surface area contributed by atoms with Crippen LogP contribution < -0.4 is 10.5 Å². The second-order valence-electron chi connectivity index (χ2n) is 5.42. The lowest BCUT2D eigenvalue weighted by Crippen LogP contribution is -2.23. The Morgan fingerprint density at radius 3 is 2.90 bits per heavy atom. The predicted octanol–water partition coefficient (Wildman–Crippen LogP) is 3.02. The van der Waals surface area contributed by atoms with Gasteiger partial charge in [-0.2, -0.15) is 0 Å². The Morgan fingerprint density at radius 1 is 1.24 bits per heavy atom. The Hall–Kier alpha value is -2.24. The van der Waals surface area contributed by atoms with Crippen LogP contribution in [-0.4, -0.2) is 13.2 Å². The van der Waals surface area contributed by atoms with E-state index < -0.39 is 0 Å². The van der Waals surface area contributed by atoms with Gasteiger partial charge in [-0.15, -0.1) is 0 Å². The largest absolute Gasteiger partial charge is 0.492 e. The van der Waals surface area contributed by atoms with Gasteiger partial charge in [0.15, 0.2) is 0 Å². The Kier molecular flexibility index (Phi) is 3.94. The lowest BCUT2D eigenvalue weighted by molar-refractivity contribution is 0.274. The number of aryl methyl sites for hydroxylation is 1. The van der Waals surface area contributed by atoms with Crippen molar-refractivity contribution in [3.63, 3.8) is 0 Å². The van der Waals surface area contributed by atoms with Crippen molar-refractivity contribution < 1.29 is 4.74 Å². The highest BCUT2D eigenvalue weighted by atomic mass is 16.5. The maximum atomic E-state index is 6.01. The van der Waals surface area contributed by atoms with Crippen LogP contribution in [0.15, 0.2) is 42.5 Å². The van der Waals surface area contributed by atoms with Crippen molar-refractivity contribution in [1.82, 2.24) is 0 Å². The summed E-state index contributed by atoms with van der Waals surface area (Å²) in [6.07, 6.45) is 1.10. The summed E-state index contributed by atoms with van der Waals surface area (Å²) in [5.41, 5.74) is 10.4. The number of hydrogen-bond acceptors (Lipinski definition) is 2. The molecule has 0 aliphatic heterocycles. The average Bonchev–Trinajstić information content (AvgIpc) is 2.47. The highest BCUT2D eigenvalue weighted by molar-refractivity contribution is 5.48. The van der Waals surface area contributed by atoms with Gasteiger partial charge in [0.2, 0.25) is 0 Å². The van der Waals surface area contributed by atoms with Crippen LogP contribution in [0.2, 0.25) is 0 Å². The van der Waals surface area contributed by atoms with E-state index in [0.717, 1.165) is 17.7 Å². The Bertz CT molecular complexity index is 709. The molecule has 0 heterocycles. The molecule has 2 heteroatoms. The molecule has 0 fully saturated rings. The first kappa shape index (κ1) is 13.7. The topological polar surface area (TPSA) is 35.2 Å². The molecule has 0 amide bonds. The van der Waals surface area contributed by atoms with Gasteiger partial charge in [-0.3, -0.25) is 0 Å². The standard InChI is InChI=1S/C19H19NO/c1-14-8-9-19(16(11-14)6-4-10-20)21-13-17-12-15-5-2-3-7-18(15)17/h2-3,5,7-9,11,17H,10,12-13,20H2,1H3. The molecule has 1 aliphatic carbocycles. The molecule has 0 radical (unpaired) electrons. The molecule has 1 aliphatic rings. The van der Waals surface area contributed by atoms with Crippen LogP contribution in [0.25, 0.3) is 0 Å². The highest BCUT2D eigenvalue weighted by Gasteiger charge is 2.25. The summed E-state index contributed by atoms with van der Waals surface area (Å²) in [7, 11) is 0. The van der Waals surface area contributed by atoms with Crippen LogP contribution in [0, 0.1) is 18.8 Å². The van der Waals surface area contributed by atoms with E-state index in [1.165, 1.54) is 16.7 Å². The zero-order valence-corrected chi connectivity index (χ0v) is 12.2. The van der Waals surface area contributed by atoms with Gasteiger partial charge in [-0.1, -0.05) is 42.2 Å². The van der Waals surface area contributed by atoms with Crippen molar-refractivity contribution >= 4 is 0 Å². The summed E-state index contributed by atoms with van der Waals surface area (Å²) in [6, 6.07) is 14.7. The van der Waals surface area contributed by atoms with E-state index in [1.54, 1.807) is 0 Å². The minimum atomic E-state index is 0.364. The number of hydrogen-bond donors (Lipinski definition) is 1. The van der Waals surface area contributed by atoms with Crippen molar-refractivity contribution in [1.29, 1.82) is 0 Å². The minimum Gasteiger partial charge on any atom is -0.492 e. The first-order valence-electron chi connectivity index (χ1n) is 7.28. The number of ether oxygens (including phenoxy) is 1. The fourth-order valence-electron chi connectivity index (χ4n) is 2.72. The Balaban J connectivity index is 1.72. The van der Waals surface area contributed by atoms with Gasteiger partial charge < -0.3 is 10.5 Å². The number of benzene rings is 2. The molecule has 21 heavy (non-hydrogen) atoms. The molecule has 1 unspecified atom stereocenters. The number of rotatable bonds is 3. The molecule has 0 spiro atoms. The van der Waals surface area contributed by atoms with Crippen LogP contribution >= 0.6 is 0 Å². The van der Waals surface area contributed by atoms with Crippen molar-refractivity contribution in [3.8, 4) is 17.6 Å². The first-order valence-corrected chi connectivity index (χ1v) is 7.28. The van der Waals surface area contributed by atoms with Gasteiger partial charge >= 0.3 is 0 Å². The molecule has 2 aromatic carbocycles. The van der Waals surface area contributed by atoms with Crippen LogP contribution in [0.5, 0.6) is 5.75 Å². The second kappa shape index (κ2) is 6.03. The summed E-state index contributed by atoms with van der Waals surface area (Å²) in [4.78, 5) is 0. The van der Waals surface area contributed by atoms with E-state index in [-0.39, 0.29) is 0 Å². The molecular formula is C19H19NO. The average molecular weight is 277 g/mol. The SMILES string of the molecule is Cc1ccc(OCC2Cc3ccccc32)c(C#CCN)c1. The molecule has 106 valence electrons. The molecule has 0 bridgehead atoms. The zero-order valence-electron chi connectivity index (χ0n) is 12.2. The monoisotopic (exact) mass is 277 g/mol. The van der Waals surface area contributed by atoms with E-state index in [9.17, 15) is 0 Å². The van der Waals surface area contributed by atoms with Crippen molar-refractivity contribution in [2.45, 2.75) is 19.3 Å². The third-order valence-electron chi connectivity index (χ3n) is 3.86. The number of fused-ring (bicyclic) bond motifs is 1. The lowest BCUT2D eigenvalue weighted by atomic mass is 9.78. The zero-order chi connectivity index (χ0) is 14.7. The van der Waals surface area contributed by atoms with Gasteiger partial charge in [0.25, 0.3) is 0 Å². The summed E-state index contributed by atoms with van der Waals surface area (Å²) in [6.45, 7) is 3.13. The predicted molar refractivity (Wildman–Crippen MR) is 85.5 cm³/mol. The van der Waals surface area contributed by atoms with Crippen LogP contribution in [0.4, 0.5) is 0 Å². The molecular weight excluding hydrogens is 258 g/mol. The molecule has 3 rings (SSSR count). The summed E-state index contributed by atoms with van der Waals surface area (Å²) in [5.74, 6) is 7.34. The fraction of sp³-hybridized carbons (Fsp3) is 0.263. The van der Waals surface area contributed by atoms with E-state index in [4.69, 9.17) is 10.5 Å². The van der Waals surface area contributed by atoms with Gasteiger partial charge in [0.05, 0.1) is 18.7 Å². The molecule has 1 atom stereocenters. The summed E-state index contributed by atoms with van der Waals surface area (Å²) >= 11 is 0. The highest BCUT2D eigenvalue weighted by Crippen LogP contribution is 2.35. The van der Waals surface area contributed by atoms with Crippen molar-refractivity contribution in [3.05, 3.63) is 64.7 Å². The molecule has 2 N–H and O–H groups in total. The number of nitrogens with two attached hydrogens (primary N) is 1. The van der Waals surface area contributed by atoms with Gasteiger partial charge in [-0.25, -0.2) is 0 Å². The summed E-state index contributed by atoms with van der Waals surface area (Å²) < 4.78 is 6.01. The second-order valence-corrected chi connectivity index (χ2v) is 5.42. The Morgan fingerprint density at radius 2 is 2.10 bits per heavy atom. The van der Waals surface area contributed by atoms with Gasteiger partial charge in [0, 0.05) is 5.92 Å². The van der Waals surface area contributed by atoms with Crippen LogP contribution in [-0.2, 0) is 6.42 Å². The van der Waals surface area contributed by atoms with Crippen LogP contribution in [0.1, 0.15) is 28.2 Å². The Labute approximate surface area is 125 Å². The third kappa shape index (κ3) is 2.94. The molecule has 2 aromatic rings. The summed E-state index contributed by atoms with van der Waals surface area (Å²) in [5, 5.41) is 0. The quantitative estimate of drug-likeness (QED) is 0.875. The molecule has 0 aromatic heterocycles. The maximum absolute atomic E-state index is 6.01. The normalized spacial score (nSPS) is 15.4. The lowest BCUT2D eigenvalue weighted by Gasteiger charge is -2.30. The maximum Gasteiger partial charge on any atom is 0.134 e. The third-order valence-corrected chi connectivity index (χ3v) is 3.86. The van der Waals surface area contributed by atoms with E-state index in [1.807, 2.05) is 12.1 Å². The van der Waals surface area contributed by atoms with Crippen molar-refractivity contribution in [2.75, 3.05) is 13.2 Å². The van der Waals surface area contributed by atoms with Crippen molar-refractivity contribution in [2.24, 2.45) is 5.73 Å². The van der Waals surface area contributed by atoms with E-state index in [2.05, 4.69) is 49.1 Å². The minimum absolute atomic E-state index is 0.364. The molecule has 2 nitrogen and oxygen atoms in total. The van der Waals surface area contributed by atoms with Gasteiger partial charge in [-0.05, 0) is 42.2 Å². The van der Waals surface area contributed by atoms with Gasteiger partial charge in [0.1, 0.15) is 5.75 Å². The first-order chi connectivity index (χ1) is 10.3. The van der Waals surface area contributed by atoms with Crippen LogP contribution in [0.3, 0.4) is 0 Å². The smallest absolute Gasteiger partial charge is 0.134 e. The van der Waals surface area contributed by atoms with E-state index >= 15 is 0 Å². The fourth-order valence-corrected chi connectivity index (χ4v) is 2.72. The molecule has 0 saturated carbocycles.